The molecule has 0 aromatic carbocycles. The van der Waals surface area contributed by atoms with Crippen LogP contribution >= 0.6 is 0 Å². The van der Waals surface area contributed by atoms with Gasteiger partial charge in [0.25, 0.3) is 0 Å². The smallest absolute Gasteiger partial charge is 0.100 e. The summed E-state index contributed by atoms with van der Waals surface area (Å²) < 4.78 is 4.95. The molecule has 0 aromatic rings. The number of aliphatic hydroxyl groups excluding tert-OH is 2. The Labute approximate surface area is 60.9 Å². The largest absolute Gasteiger partial charge is 0.394 e. The standard InChI is InChI=1S/C7H14O3/c1-2-3-4-10-6-7(9)5-8/h2,7-9H,1,3-6H2. The van der Waals surface area contributed by atoms with Gasteiger partial charge in [-0.25, -0.2) is 0 Å². The van der Waals surface area contributed by atoms with Gasteiger partial charge in [0.2, 0.25) is 0 Å². The summed E-state index contributed by atoms with van der Waals surface area (Å²) in [5.41, 5.74) is 0. The lowest BCUT2D eigenvalue weighted by Crippen LogP contribution is -2.19. The quantitative estimate of drug-likeness (QED) is 0.407. The number of hydrogen-bond donors (Lipinski definition) is 2. The minimum atomic E-state index is -0.746. The van der Waals surface area contributed by atoms with Crippen LogP contribution in [0, 0.1) is 0 Å². The molecule has 1 atom stereocenters. The predicted octanol–water partition coefficient (Wildman–Crippen LogP) is -0.0677. The number of ether oxygens (including phenoxy) is 1. The first-order valence-electron chi connectivity index (χ1n) is 3.28. The maximum Gasteiger partial charge on any atom is 0.100 e. The van der Waals surface area contributed by atoms with Crippen LogP contribution in [0.15, 0.2) is 12.7 Å². The molecule has 2 N–H and O–H groups in total. The molecular formula is C7H14O3. The van der Waals surface area contributed by atoms with Crippen LogP contribution in [-0.4, -0.2) is 36.1 Å². The molecular weight excluding hydrogens is 132 g/mol. The highest BCUT2D eigenvalue weighted by atomic mass is 16.5. The highest BCUT2D eigenvalue weighted by molar-refractivity contribution is 4.64. The number of aliphatic hydroxyl groups is 2. The Hall–Kier alpha value is -0.380. The Bertz CT molecular complexity index is 82.9. The zero-order valence-corrected chi connectivity index (χ0v) is 5.99. The SMILES string of the molecule is C=CCCOCC(O)CO. The van der Waals surface area contributed by atoms with Crippen molar-refractivity contribution in [3.05, 3.63) is 12.7 Å². The van der Waals surface area contributed by atoms with Crippen molar-refractivity contribution in [3.8, 4) is 0 Å². The summed E-state index contributed by atoms with van der Waals surface area (Å²) in [6, 6.07) is 0. The first kappa shape index (κ1) is 9.62. The Kier molecular flexibility index (Phi) is 6.48. The van der Waals surface area contributed by atoms with Crippen LogP contribution in [0.4, 0.5) is 0 Å². The van der Waals surface area contributed by atoms with Crippen LogP contribution in [0.1, 0.15) is 6.42 Å². The summed E-state index contributed by atoms with van der Waals surface area (Å²) in [7, 11) is 0. The molecule has 60 valence electrons. The average Bonchev–Trinajstić information content (AvgIpc) is 1.98. The maximum absolute atomic E-state index is 8.76. The molecule has 3 heteroatoms. The van der Waals surface area contributed by atoms with Crippen molar-refractivity contribution < 1.29 is 14.9 Å². The van der Waals surface area contributed by atoms with E-state index in [0.29, 0.717) is 6.61 Å². The predicted molar refractivity (Wildman–Crippen MR) is 38.7 cm³/mol. The summed E-state index contributed by atoms with van der Waals surface area (Å²) in [6.45, 7) is 4.02. The molecule has 1 unspecified atom stereocenters. The fraction of sp³-hybridized carbons (Fsp3) is 0.714. The second-order valence-electron chi connectivity index (χ2n) is 1.99. The minimum absolute atomic E-state index is 0.199. The second-order valence-corrected chi connectivity index (χ2v) is 1.99. The average molecular weight is 146 g/mol. The van der Waals surface area contributed by atoms with Gasteiger partial charge in [0.15, 0.2) is 0 Å². The van der Waals surface area contributed by atoms with Crippen molar-refractivity contribution in [3.63, 3.8) is 0 Å². The van der Waals surface area contributed by atoms with Gasteiger partial charge in [-0.1, -0.05) is 6.08 Å². The summed E-state index contributed by atoms with van der Waals surface area (Å²) in [5.74, 6) is 0. The van der Waals surface area contributed by atoms with Gasteiger partial charge in [0.05, 0.1) is 19.8 Å². The van der Waals surface area contributed by atoms with Crippen LogP contribution in [0.25, 0.3) is 0 Å². The van der Waals surface area contributed by atoms with Crippen molar-refractivity contribution in [1.29, 1.82) is 0 Å². The molecule has 0 aliphatic carbocycles. The summed E-state index contributed by atoms with van der Waals surface area (Å²) >= 11 is 0. The van der Waals surface area contributed by atoms with E-state index in [4.69, 9.17) is 14.9 Å². The van der Waals surface area contributed by atoms with E-state index in [1.807, 2.05) is 0 Å². The minimum Gasteiger partial charge on any atom is -0.394 e. The molecule has 0 aromatic heterocycles. The van der Waals surface area contributed by atoms with Crippen molar-refractivity contribution in [2.24, 2.45) is 0 Å². The first-order chi connectivity index (χ1) is 4.81. The van der Waals surface area contributed by atoms with Crippen LogP contribution in [0.5, 0.6) is 0 Å². The molecule has 0 spiro atoms. The molecule has 0 saturated heterocycles. The van der Waals surface area contributed by atoms with E-state index >= 15 is 0 Å². The monoisotopic (exact) mass is 146 g/mol. The van der Waals surface area contributed by atoms with Crippen LogP contribution in [-0.2, 0) is 4.74 Å². The maximum atomic E-state index is 8.76. The van der Waals surface area contributed by atoms with Crippen molar-refractivity contribution in [2.75, 3.05) is 19.8 Å². The first-order valence-corrected chi connectivity index (χ1v) is 3.28. The third-order valence-corrected chi connectivity index (χ3v) is 0.987. The third kappa shape index (κ3) is 5.75. The fourth-order valence-electron chi connectivity index (χ4n) is 0.439. The Morgan fingerprint density at radius 2 is 2.30 bits per heavy atom. The van der Waals surface area contributed by atoms with Crippen molar-refractivity contribution in [2.45, 2.75) is 12.5 Å². The van der Waals surface area contributed by atoms with Gasteiger partial charge >= 0.3 is 0 Å². The fourth-order valence-corrected chi connectivity index (χ4v) is 0.439. The van der Waals surface area contributed by atoms with Gasteiger partial charge in [-0.05, 0) is 6.42 Å². The molecule has 0 amide bonds. The van der Waals surface area contributed by atoms with Crippen molar-refractivity contribution in [1.82, 2.24) is 0 Å². The van der Waals surface area contributed by atoms with Gasteiger partial charge in [-0.2, -0.15) is 0 Å². The second kappa shape index (κ2) is 6.74. The highest BCUT2D eigenvalue weighted by Crippen LogP contribution is 1.86. The molecule has 0 rings (SSSR count). The molecule has 0 aliphatic heterocycles. The van der Waals surface area contributed by atoms with E-state index in [1.54, 1.807) is 6.08 Å². The van der Waals surface area contributed by atoms with Crippen LogP contribution in [0.2, 0.25) is 0 Å². The lowest BCUT2D eigenvalue weighted by atomic mass is 10.4. The van der Waals surface area contributed by atoms with Gasteiger partial charge in [-0.15, -0.1) is 6.58 Å². The van der Waals surface area contributed by atoms with Gasteiger partial charge < -0.3 is 14.9 Å². The zero-order chi connectivity index (χ0) is 7.82. The summed E-state index contributed by atoms with van der Waals surface area (Å²) in [6.07, 6.45) is 1.77. The Balaban J connectivity index is 2.95. The molecule has 0 bridgehead atoms. The Morgan fingerprint density at radius 1 is 1.60 bits per heavy atom. The summed E-state index contributed by atoms with van der Waals surface area (Å²) in [5, 5.41) is 17.1. The van der Waals surface area contributed by atoms with Crippen LogP contribution < -0.4 is 0 Å². The van der Waals surface area contributed by atoms with Gasteiger partial charge in [0.1, 0.15) is 6.10 Å². The molecule has 10 heavy (non-hydrogen) atoms. The Morgan fingerprint density at radius 3 is 2.80 bits per heavy atom. The molecule has 0 radical (unpaired) electrons. The van der Waals surface area contributed by atoms with E-state index in [2.05, 4.69) is 6.58 Å². The third-order valence-electron chi connectivity index (χ3n) is 0.987. The summed E-state index contributed by atoms with van der Waals surface area (Å²) in [4.78, 5) is 0. The van der Waals surface area contributed by atoms with Crippen LogP contribution in [0.3, 0.4) is 0 Å². The lowest BCUT2D eigenvalue weighted by molar-refractivity contribution is 0.00769. The van der Waals surface area contributed by atoms with Crippen molar-refractivity contribution >= 4 is 0 Å². The molecule has 0 aliphatic rings. The highest BCUT2D eigenvalue weighted by Gasteiger charge is 1.99. The van der Waals surface area contributed by atoms with Gasteiger partial charge in [0, 0.05) is 0 Å². The van der Waals surface area contributed by atoms with E-state index < -0.39 is 6.10 Å². The van der Waals surface area contributed by atoms with E-state index in [-0.39, 0.29) is 13.2 Å². The molecule has 0 heterocycles. The lowest BCUT2D eigenvalue weighted by Gasteiger charge is -2.06. The van der Waals surface area contributed by atoms with Gasteiger partial charge in [-0.3, -0.25) is 0 Å². The molecule has 0 fully saturated rings. The van der Waals surface area contributed by atoms with E-state index in [1.165, 1.54) is 0 Å². The van der Waals surface area contributed by atoms with E-state index in [9.17, 15) is 0 Å². The number of hydrogen-bond acceptors (Lipinski definition) is 3. The molecule has 0 saturated carbocycles. The van der Waals surface area contributed by atoms with E-state index in [0.717, 1.165) is 6.42 Å². The molecule has 3 nitrogen and oxygen atoms in total. The zero-order valence-electron chi connectivity index (χ0n) is 5.99. The normalized spacial score (nSPS) is 13.0. The number of rotatable bonds is 6. The topological polar surface area (TPSA) is 49.7 Å².